The van der Waals surface area contributed by atoms with Crippen LogP contribution < -0.4 is 10.6 Å². The van der Waals surface area contributed by atoms with E-state index in [4.69, 9.17) is 9.47 Å². The van der Waals surface area contributed by atoms with Gasteiger partial charge in [-0.05, 0) is 43.1 Å². The third-order valence-corrected chi connectivity index (χ3v) is 6.01. The number of hydrogen-bond acceptors (Lipinski definition) is 6. The highest BCUT2D eigenvalue weighted by Gasteiger charge is 2.41. The van der Waals surface area contributed by atoms with Gasteiger partial charge < -0.3 is 30.3 Å². The smallest absolute Gasteiger partial charge is 0.251 e. The van der Waals surface area contributed by atoms with Gasteiger partial charge in [0.25, 0.3) is 5.91 Å². The normalized spacial score (nSPS) is 23.8. The van der Waals surface area contributed by atoms with E-state index in [9.17, 15) is 15.0 Å². The maximum Gasteiger partial charge on any atom is 0.251 e. The molecule has 180 valence electrons. The number of carbonyl (C=O) groups excluding carboxylic acids is 1. The van der Waals surface area contributed by atoms with Crippen LogP contribution in [0.2, 0.25) is 0 Å². The van der Waals surface area contributed by atoms with Gasteiger partial charge in [0.05, 0.1) is 18.2 Å². The highest BCUT2D eigenvalue weighted by molar-refractivity contribution is 5.94. The molecule has 4 N–H and O–H groups in total. The highest BCUT2D eigenvalue weighted by Crippen LogP contribution is 2.25. The summed E-state index contributed by atoms with van der Waals surface area (Å²) < 4.78 is 11.7. The average Bonchev–Trinajstić information content (AvgIpc) is 2.84. The van der Waals surface area contributed by atoms with Gasteiger partial charge in [0, 0.05) is 25.1 Å². The summed E-state index contributed by atoms with van der Waals surface area (Å²) in [6, 6.07) is 17.0. The number of rotatable bonds is 11. The van der Waals surface area contributed by atoms with Crippen molar-refractivity contribution in [3.8, 4) is 11.1 Å². The van der Waals surface area contributed by atoms with Crippen LogP contribution in [0.5, 0.6) is 0 Å². The zero-order valence-corrected chi connectivity index (χ0v) is 19.4. The first-order valence-electron chi connectivity index (χ1n) is 11.8. The van der Waals surface area contributed by atoms with E-state index in [-0.39, 0.29) is 12.5 Å². The zero-order valence-electron chi connectivity index (χ0n) is 19.4. The van der Waals surface area contributed by atoms with Gasteiger partial charge in [0.2, 0.25) is 0 Å². The summed E-state index contributed by atoms with van der Waals surface area (Å²) in [6.07, 6.45) is -0.158. The Labute approximate surface area is 196 Å². The molecule has 5 atom stereocenters. The van der Waals surface area contributed by atoms with Gasteiger partial charge >= 0.3 is 0 Å². The van der Waals surface area contributed by atoms with Crippen LogP contribution in [0.1, 0.15) is 43.0 Å². The van der Waals surface area contributed by atoms with Crippen LogP contribution >= 0.6 is 0 Å². The molecule has 2 aromatic carbocycles. The summed E-state index contributed by atoms with van der Waals surface area (Å²) in [5.74, 6) is -0.197. The molecular weight excluding hydrogens is 420 g/mol. The predicted molar refractivity (Wildman–Crippen MR) is 128 cm³/mol. The number of carbonyl (C=O) groups is 1. The van der Waals surface area contributed by atoms with Crippen molar-refractivity contribution in [3.05, 3.63) is 60.2 Å². The Hall–Kier alpha value is -2.29. The first-order valence-corrected chi connectivity index (χ1v) is 11.8. The number of hydrogen-bond donors (Lipinski definition) is 4. The van der Waals surface area contributed by atoms with Crippen molar-refractivity contribution in [2.24, 2.45) is 0 Å². The van der Waals surface area contributed by atoms with Crippen LogP contribution in [0.4, 0.5) is 0 Å². The van der Waals surface area contributed by atoms with Crippen LogP contribution in [-0.2, 0) is 9.47 Å². The summed E-state index contributed by atoms with van der Waals surface area (Å²) in [5.41, 5.74) is 2.70. The Kier molecular flexibility index (Phi) is 9.84. The molecule has 4 unspecified atom stereocenters. The van der Waals surface area contributed by atoms with E-state index in [0.29, 0.717) is 25.0 Å². The van der Waals surface area contributed by atoms with Crippen molar-refractivity contribution >= 4 is 5.91 Å². The van der Waals surface area contributed by atoms with Gasteiger partial charge in [-0.15, -0.1) is 0 Å². The lowest BCUT2D eigenvalue weighted by molar-refractivity contribution is -0.244. The molecule has 2 aromatic rings. The minimum absolute atomic E-state index is 0.197. The lowest BCUT2D eigenvalue weighted by Crippen LogP contribution is -2.59. The first-order chi connectivity index (χ1) is 16.0. The molecule has 0 saturated carbocycles. The Morgan fingerprint density at radius 3 is 2.52 bits per heavy atom. The maximum atomic E-state index is 12.5. The van der Waals surface area contributed by atoms with Crippen molar-refractivity contribution in [1.82, 2.24) is 10.6 Å². The number of nitrogens with one attached hydrogen (secondary N) is 2. The minimum Gasteiger partial charge on any atom is -0.391 e. The zero-order chi connectivity index (χ0) is 23.6. The van der Waals surface area contributed by atoms with Gasteiger partial charge in [-0.25, -0.2) is 0 Å². The molecule has 3 rings (SSSR count). The second-order valence-electron chi connectivity index (χ2n) is 8.43. The van der Waals surface area contributed by atoms with E-state index >= 15 is 0 Å². The lowest BCUT2D eigenvalue weighted by atomic mass is 9.93. The Morgan fingerprint density at radius 2 is 1.85 bits per heavy atom. The second-order valence-corrected chi connectivity index (χ2v) is 8.43. The number of ether oxygens (including phenoxy) is 2. The first kappa shape index (κ1) is 25.3. The van der Waals surface area contributed by atoms with Crippen LogP contribution in [0.3, 0.4) is 0 Å². The van der Waals surface area contributed by atoms with Gasteiger partial charge in [0.15, 0.2) is 6.29 Å². The average molecular weight is 457 g/mol. The number of benzene rings is 2. The van der Waals surface area contributed by atoms with E-state index in [0.717, 1.165) is 24.0 Å². The molecule has 1 amide bonds. The number of aliphatic hydroxyl groups excluding tert-OH is 2. The third-order valence-electron chi connectivity index (χ3n) is 6.01. The van der Waals surface area contributed by atoms with Crippen molar-refractivity contribution in [2.75, 3.05) is 20.2 Å². The molecule has 7 nitrogen and oxygen atoms in total. The fraction of sp³-hybridized carbons (Fsp3) is 0.500. The van der Waals surface area contributed by atoms with Crippen molar-refractivity contribution in [1.29, 1.82) is 0 Å². The van der Waals surface area contributed by atoms with Crippen LogP contribution in [-0.4, -0.2) is 67.0 Å². The minimum atomic E-state index is -0.865. The summed E-state index contributed by atoms with van der Waals surface area (Å²) in [7, 11) is 1.73. The third kappa shape index (κ3) is 7.09. The summed E-state index contributed by atoms with van der Waals surface area (Å²) in [5, 5.41) is 27.1. The molecule has 1 aliphatic rings. The highest BCUT2D eigenvalue weighted by atomic mass is 16.7. The second kappa shape index (κ2) is 12.8. The van der Waals surface area contributed by atoms with Crippen LogP contribution in [0.25, 0.3) is 11.1 Å². The molecule has 0 bridgehead atoms. The van der Waals surface area contributed by atoms with Crippen LogP contribution in [0, 0.1) is 0 Å². The topological polar surface area (TPSA) is 100 Å². The Morgan fingerprint density at radius 1 is 1.15 bits per heavy atom. The van der Waals surface area contributed by atoms with E-state index in [2.05, 4.69) is 17.6 Å². The predicted octanol–water partition coefficient (Wildman–Crippen LogP) is 2.72. The number of likely N-dealkylation sites (N-methyl/N-ethyl adjacent to an activating group) is 1. The molecule has 0 spiro atoms. The fourth-order valence-corrected chi connectivity index (χ4v) is 4.08. The van der Waals surface area contributed by atoms with E-state index in [1.807, 2.05) is 42.5 Å². The van der Waals surface area contributed by atoms with Gasteiger partial charge in [0.1, 0.15) is 6.10 Å². The van der Waals surface area contributed by atoms with Crippen molar-refractivity contribution < 1.29 is 24.5 Å². The largest absolute Gasteiger partial charge is 0.391 e. The van der Waals surface area contributed by atoms with E-state index in [1.54, 1.807) is 19.2 Å². The van der Waals surface area contributed by atoms with Gasteiger partial charge in [-0.2, -0.15) is 0 Å². The molecule has 0 radical (unpaired) electrons. The molecule has 0 aliphatic carbocycles. The number of aliphatic hydroxyl groups is 2. The summed E-state index contributed by atoms with van der Waals surface area (Å²) >= 11 is 0. The van der Waals surface area contributed by atoms with E-state index in [1.165, 1.54) is 0 Å². The fourth-order valence-electron chi connectivity index (χ4n) is 4.08. The van der Waals surface area contributed by atoms with Gasteiger partial charge in [-0.3, -0.25) is 4.79 Å². The molecule has 1 fully saturated rings. The summed E-state index contributed by atoms with van der Waals surface area (Å²) in [4.78, 5) is 12.5. The number of amides is 1. The van der Waals surface area contributed by atoms with E-state index < -0.39 is 30.6 Å². The monoisotopic (exact) mass is 456 g/mol. The summed E-state index contributed by atoms with van der Waals surface area (Å²) in [6.45, 7) is 2.92. The SMILES string of the molecule is CCCCOC1CC(O)[C@@H](NC)C(C(O)CCNC(=O)c2ccc(-c3ccccc3)cc2)O1. The standard InChI is InChI=1S/C26H36N2O5/c1-3-4-16-32-23-17-22(30)24(27-2)25(33-23)21(29)14-15-28-26(31)20-12-10-19(11-13-20)18-8-6-5-7-9-18/h5-13,21-25,27,29-30H,3-4,14-17H2,1-2H3,(H,28,31)/t21?,22?,23?,24-,25?/m1/s1. The molecule has 7 heteroatoms. The molecule has 0 aromatic heterocycles. The molecule has 33 heavy (non-hydrogen) atoms. The maximum absolute atomic E-state index is 12.5. The lowest BCUT2D eigenvalue weighted by Gasteiger charge is -2.41. The Bertz CT molecular complexity index is 846. The van der Waals surface area contributed by atoms with Crippen molar-refractivity contribution in [3.63, 3.8) is 0 Å². The number of unbranched alkanes of at least 4 members (excludes halogenated alkanes) is 1. The molecule has 1 saturated heterocycles. The van der Waals surface area contributed by atoms with Crippen molar-refractivity contribution in [2.45, 2.75) is 63.3 Å². The quantitative estimate of drug-likeness (QED) is 0.388. The van der Waals surface area contributed by atoms with Gasteiger partial charge in [-0.1, -0.05) is 55.8 Å². The molecule has 1 heterocycles. The van der Waals surface area contributed by atoms with Crippen LogP contribution in [0.15, 0.2) is 54.6 Å². The Balaban J connectivity index is 1.50. The molecule has 1 aliphatic heterocycles. The molecular formula is C26H36N2O5.